The summed E-state index contributed by atoms with van der Waals surface area (Å²) in [4.78, 5) is 13.1. The fourth-order valence-corrected chi connectivity index (χ4v) is 4.50. The number of carbonyl (C=O) groups is 1. The summed E-state index contributed by atoms with van der Waals surface area (Å²) in [6, 6.07) is 12.5. The van der Waals surface area contributed by atoms with Crippen molar-refractivity contribution in [1.82, 2.24) is 5.32 Å². The Morgan fingerprint density at radius 2 is 1.61 bits per heavy atom. The maximum atomic E-state index is 13.1. The van der Waals surface area contributed by atoms with Gasteiger partial charge in [0.05, 0.1) is 18.0 Å². The first-order valence-electron chi connectivity index (χ1n) is 9.48. The van der Waals surface area contributed by atoms with Gasteiger partial charge in [0.15, 0.2) is 0 Å². The van der Waals surface area contributed by atoms with Crippen LogP contribution < -0.4 is 9.62 Å². The maximum absolute atomic E-state index is 13.1. The van der Waals surface area contributed by atoms with E-state index in [2.05, 4.69) is 5.32 Å². The Kier molecular flexibility index (Phi) is 6.88. The Labute approximate surface area is 168 Å². The summed E-state index contributed by atoms with van der Waals surface area (Å²) in [7, 11) is -3.65. The van der Waals surface area contributed by atoms with Crippen molar-refractivity contribution in [2.24, 2.45) is 0 Å². The highest BCUT2D eigenvalue weighted by Gasteiger charge is 2.33. The zero-order valence-corrected chi connectivity index (χ0v) is 18.3. The molecule has 0 spiro atoms. The smallest absolute Gasteiger partial charge is 0.244 e. The first-order chi connectivity index (χ1) is 13.0. The fraction of sp³-hybridized carbons (Fsp3) is 0.409. The molecule has 152 valence electrons. The second-order valence-corrected chi connectivity index (χ2v) is 9.27. The van der Waals surface area contributed by atoms with Gasteiger partial charge in [0, 0.05) is 0 Å². The summed E-state index contributed by atoms with van der Waals surface area (Å²) in [5, 5.41) is 2.98. The number of hydrogen-bond acceptors (Lipinski definition) is 3. The number of rotatable bonds is 7. The molecule has 6 heteroatoms. The topological polar surface area (TPSA) is 66.5 Å². The molecule has 2 rings (SSSR count). The molecule has 0 aliphatic carbocycles. The first kappa shape index (κ1) is 22.0. The highest BCUT2D eigenvalue weighted by molar-refractivity contribution is 7.92. The van der Waals surface area contributed by atoms with Gasteiger partial charge in [0.2, 0.25) is 15.9 Å². The molecule has 0 saturated heterocycles. The largest absolute Gasteiger partial charge is 0.348 e. The van der Waals surface area contributed by atoms with Crippen LogP contribution in [0.1, 0.15) is 48.6 Å². The zero-order valence-electron chi connectivity index (χ0n) is 17.5. The van der Waals surface area contributed by atoms with Gasteiger partial charge in [-0.1, -0.05) is 48.9 Å². The van der Waals surface area contributed by atoms with Gasteiger partial charge in [-0.15, -0.1) is 0 Å². The van der Waals surface area contributed by atoms with E-state index < -0.39 is 16.1 Å². The molecule has 0 radical (unpaired) electrons. The number of anilines is 1. The Hall–Kier alpha value is -2.34. The molecule has 1 N–H and O–H groups in total. The van der Waals surface area contributed by atoms with Gasteiger partial charge >= 0.3 is 0 Å². The molecule has 2 atom stereocenters. The van der Waals surface area contributed by atoms with Crippen LogP contribution in [0.4, 0.5) is 5.69 Å². The van der Waals surface area contributed by atoms with Crippen molar-refractivity contribution in [1.29, 1.82) is 0 Å². The van der Waals surface area contributed by atoms with Crippen LogP contribution >= 0.6 is 0 Å². The molecule has 1 amide bonds. The predicted molar refractivity (Wildman–Crippen MR) is 115 cm³/mol. The number of amides is 1. The average molecular weight is 403 g/mol. The number of aryl methyl sites for hydroxylation is 3. The second-order valence-electron chi connectivity index (χ2n) is 7.41. The molecular weight excluding hydrogens is 372 g/mol. The van der Waals surface area contributed by atoms with E-state index in [1.54, 1.807) is 0 Å². The summed E-state index contributed by atoms with van der Waals surface area (Å²) in [6.07, 6.45) is 1.51. The Morgan fingerprint density at radius 1 is 1.04 bits per heavy atom. The van der Waals surface area contributed by atoms with Crippen LogP contribution in [0, 0.1) is 20.8 Å². The van der Waals surface area contributed by atoms with Crippen LogP contribution in [0.5, 0.6) is 0 Å². The number of sulfonamides is 1. The molecule has 28 heavy (non-hydrogen) atoms. The zero-order chi connectivity index (χ0) is 21.1. The minimum absolute atomic E-state index is 0.220. The van der Waals surface area contributed by atoms with Crippen molar-refractivity contribution < 1.29 is 13.2 Å². The van der Waals surface area contributed by atoms with Gasteiger partial charge in [-0.05, 0) is 56.9 Å². The highest BCUT2D eigenvalue weighted by atomic mass is 32.2. The van der Waals surface area contributed by atoms with Crippen LogP contribution in [-0.4, -0.2) is 26.6 Å². The van der Waals surface area contributed by atoms with Crippen LogP contribution in [0.25, 0.3) is 0 Å². The van der Waals surface area contributed by atoms with E-state index in [-0.39, 0.29) is 11.9 Å². The Morgan fingerprint density at radius 3 is 2.14 bits per heavy atom. The molecule has 0 aromatic heterocycles. The molecule has 0 heterocycles. The number of benzene rings is 2. The van der Waals surface area contributed by atoms with E-state index in [1.165, 1.54) is 4.31 Å². The third-order valence-corrected chi connectivity index (χ3v) is 6.03. The number of carbonyl (C=O) groups excluding carboxylic acids is 1. The molecule has 0 aliphatic heterocycles. The highest BCUT2D eigenvalue weighted by Crippen LogP contribution is 2.28. The summed E-state index contributed by atoms with van der Waals surface area (Å²) >= 11 is 0. The lowest BCUT2D eigenvalue weighted by atomic mass is 10.1. The Balaban J connectivity index is 2.36. The number of nitrogens with one attached hydrogen (secondary N) is 1. The lowest BCUT2D eigenvalue weighted by Crippen LogP contribution is -2.50. The first-order valence-corrected chi connectivity index (χ1v) is 11.3. The van der Waals surface area contributed by atoms with Crippen molar-refractivity contribution in [2.45, 2.75) is 53.1 Å². The van der Waals surface area contributed by atoms with Crippen molar-refractivity contribution in [2.75, 3.05) is 10.6 Å². The second kappa shape index (κ2) is 8.78. The quantitative estimate of drug-likeness (QED) is 0.760. The molecule has 0 saturated carbocycles. The van der Waals surface area contributed by atoms with E-state index in [4.69, 9.17) is 0 Å². The molecule has 0 bridgehead atoms. The van der Waals surface area contributed by atoms with Gasteiger partial charge < -0.3 is 5.32 Å². The normalized spacial score (nSPS) is 13.6. The molecule has 2 aromatic carbocycles. The van der Waals surface area contributed by atoms with Gasteiger partial charge in [0.25, 0.3) is 0 Å². The Bertz CT molecular complexity index is 937. The minimum Gasteiger partial charge on any atom is -0.348 e. The van der Waals surface area contributed by atoms with Gasteiger partial charge in [-0.3, -0.25) is 9.10 Å². The molecular formula is C22H30N2O3S. The molecule has 0 fully saturated rings. The standard InChI is InChI=1S/C22H30N2O3S/c1-7-20(22(25)23-18(5)19-12-9-15(2)10-13-19)24(28(6,26)27)21-14-16(3)8-11-17(21)4/h8-14,18,20H,7H2,1-6H3,(H,23,25)/t18-,20-/m1/s1. The van der Waals surface area contributed by atoms with E-state index in [0.717, 1.165) is 28.5 Å². The van der Waals surface area contributed by atoms with E-state index in [9.17, 15) is 13.2 Å². The predicted octanol–water partition coefficient (Wildman–Crippen LogP) is 4.03. The van der Waals surface area contributed by atoms with Crippen molar-refractivity contribution in [3.05, 3.63) is 64.7 Å². The maximum Gasteiger partial charge on any atom is 0.244 e. The summed E-state index contributed by atoms with van der Waals surface area (Å²) < 4.78 is 26.5. The van der Waals surface area contributed by atoms with Crippen molar-refractivity contribution in [3.8, 4) is 0 Å². The van der Waals surface area contributed by atoms with Gasteiger partial charge in [-0.25, -0.2) is 8.42 Å². The van der Waals surface area contributed by atoms with Crippen molar-refractivity contribution in [3.63, 3.8) is 0 Å². The van der Waals surface area contributed by atoms with E-state index in [1.807, 2.05) is 77.1 Å². The SMILES string of the molecule is CC[C@H](C(=O)N[C@H](C)c1ccc(C)cc1)N(c1cc(C)ccc1C)S(C)(=O)=O. The third-order valence-electron chi connectivity index (χ3n) is 4.87. The number of nitrogens with zero attached hydrogens (tertiary/aromatic N) is 1. The van der Waals surface area contributed by atoms with Crippen LogP contribution in [0.3, 0.4) is 0 Å². The summed E-state index contributed by atoms with van der Waals surface area (Å²) in [6.45, 7) is 9.49. The molecule has 2 aromatic rings. The van der Waals surface area contributed by atoms with Crippen LogP contribution in [0.2, 0.25) is 0 Å². The monoisotopic (exact) mass is 402 g/mol. The molecule has 0 unspecified atom stereocenters. The lowest BCUT2D eigenvalue weighted by molar-refractivity contribution is -0.122. The van der Waals surface area contributed by atoms with Gasteiger partial charge in [-0.2, -0.15) is 0 Å². The van der Waals surface area contributed by atoms with Crippen LogP contribution in [0.15, 0.2) is 42.5 Å². The van der Waals surface area contributed by atoms with E-state index in [0.29, 0.717) is 12.1 Å². The third kappa shape index (κ3) is 5.13. The molecule has 0 aliphatic rings. The van der Waals surface area contributed by atoms with Crippen molar-refractivity contribution >= 4 is 21.6 Å². The average Bonchev–Trinajstić information content (AvgIpc) is 2.61. The lowest BCUT2D eigenvalue weighted by Gasteiger charge is -2.32. The van der Waals surface area contributed by atoms with Gasteiger partial charge in [0.1, 0.15) is 6.04 Å². The van der Waals surface area contributed by atoms with E-state index >= 15 is 0 Å². The summed E-state index contributed by atoms with van der Waals surface area (Å²) in [5.74, 6) is -0.304. The summed E-state index contributed by atoms with van der Waals surface area (Å²) in [5.41, 5.74) is 4.43. The number of hydrogen-bond donors (Lipinski definition) is 1. The molecule has 5 nitrogen and oxygen atoms in total. The minimum atomic E-state index is -3.65. The van der Waals surface area contributed by atoms with Crippen LogP contribution in [-0.2, 0) is 14.8 Å². The fourth-order valence-electron chi connectivity index (χ4n) is 3.24.